The van der Waals surface area contributed by atoms with Crippen molar-refractivity contribution in [1.82, 2.24) is 15.5 Å². The average molecular weight is 469 g/mol. The van der Waals surface area contributed by atoms with E-state index in [9.17, 15) is 37.1 Å². The normalized spacial score (nSPS) is 18.3. The zero-order valence-corrected chi connectivity index (χ0v) is 17.5. The van der Waals surface area contributed by atoms with E-state index < -0.39 is 41.8 Å². The minimum absolute atomic E-state index is 0.0209. The molecular formula is C21H22F3N3O6. The van der Waals surface area contributed by atoms with Crippen LogP contribution in [0.15, 0.2) is 18.2 Å². The summed E-state index contributed by atoms with van der Waals surface area (Å²) in [6, 6.07) is 3.48. The fraction of sp³-hybridized carbons (Fsp3) is 0.476. The Morgan fingerprint density at radius 3 is 2.52 bits per heavy atom. The lowest BCUT2D eigenvalue weighted by molar-refractivity contribution is -0.173. The minimum Gasteiger partial charge on any atom is -0.493 e. The van der Waals surface area contributed by atoms with Gasteiger partial charge in [0.25, 0.3) is 11.8 Å². The van der Waals surface area contributed by atoms with Gasteiger partial charge in [-0.1, -0.05) is 18.9 Å². The van der Waals surface area contributed by atoms with Crippen LogP contribution in [-0.2, 0) is 14.4 Å². The maximum absolute atomic E-state index is 12.9. The van der Waals surface area contributed by atoms with Crippen LogP contribution < -0.4 is 15.4 Å². The van der Waals surface area contributed by atoms with E-state index in [2.05, 4.69) is 5.32 Å². The van der Waals surface area contributed by atoms with Gasteiger partial charge < -0.3 is 10.1 Å². The molecule has 3 rings (SSSR count). The smallest absolute Gasteiger partial charge is 0.471 e. The highest BCUT2D eigenvalue weighted by Gasteiger charge is 2.46. The Morgan fingerprint density at radius 2 is 1.82 bits per heavy atom. The molecule has 5 amide bonds. The maximum atomic E-state index is 12.9. The lowest BCUT2D eigenvalue weighted by atomic mass is 10.0. The van der Waals surface area contributed by atoms with Crippen molar-refractivity contribution >= 4 is 29.5 Å². The number of nitrogens with one attached hydrogen (secondary N) is 2. The van der Waals surface area contributed by atoms with Crippen LogP contribution in [0.5, 0.6) is 5.75 Å². The fourth-order valence-corrected chi connectivity index (χ4v) is 3.67. The zero-order valence-electron chi connectivity index (χ0n) is 17.5. The number of rotatable bonds is 9. The molecule has 0 aromatic heterocycles. The van der Waals surface area contributed by atoms with Crippen molar-refractivity contribution < 1.29 is 41.9 Å². The largest absolute Gasteiger partial charge is 0.493 e. The maximum Gasteiger partial charge on any atom is 0.471 e. The lowest BCUT2D eigenvalue weighted by Gasteiger charge is -2.27. The number of nitrogens with zero attached hydrogens (tertiary/aromatic N) is 1. The van der Waals surface area contributed by atoms with E-state index in [1.54, 1.807) is 11.4 Å². The van der Waals surface area contributed by atoms with Crippen LogP contribution in [0.1, 0.15) is 59.2 Å². The van der Waals surface area contributed by atoms with Gasteiger partial charge in [-0.15, -0.1) is 0 Å². The number of hydrogen-bond donors (Lipinski definition) is 2. The third kappa shape index (κ3) is 5.49. The molecular weight excluding hydrogens is 447 g/mol. The molecule has 1 aromatic rings. The number of unbranched alkanes of at least 4 members (excludes halogenated alkanes) is 3. The van der Waals surface area contributed by atoms with Crippen molar-refractivity contribution in [3.8, 4) is 5.75 Å². The van der Waals surface area contributed by atoms with E-state index in [0.29, 0.717) is 25.7 Å². The Bertz CT molecular complexity index is 978. The monoisotopic (exact) mass is 469 g/mol. The van der Waals surface area contributed by atoms with Crippen LogP contribution in [0, 0.1) is 0 Å². The molecule has 1 aromatic carbocycles. The second-order valence-corrected chi connectivity index (χ2v) is 7.64. The first-order chi connectivity index (χ1) is 15.6. The fourth-order valence-electron chi connectivity index (χ4n) is 3.67. The Balaban J connectivity index is 1.49. The second kappa shape index (κ2) is 10.0. The molecule has 1 saturated heterocycles. The number of alkyl halides is 3. The van der Waals surface area contributed by atoms with Crippen LogP contribution in [-0.4, -0.2) is 59.8 Å². The Hall–Kier alpha value is -3.44. The summed E-state index contributed by atoms with van der Waals surface area (Å²) in [4.78, 5) is 60.8. The van der Waals surface area contributed by atoms with Crippen molar-refractivity contribution in [3.63, 3.8) is 0 Å². The van der Waals surface area contributed by atoms with Crippen molar-refractivity contribution in [3.05, 3.63) is 29.3 Å². The van der Waals surface area contributed by atoms with Gasteiger partial charge in [-0.25, -0.2) is 0 Å². The first kappa shape index (κ1) is 24.2. The zero-order chi connectivity index (χ0) is 24.2. The summed E-state index contributed by atoms with van der Waals surface area (Å²) in [6.07, 6.45) is -2.73. The summed E-state index contributed by atoms with van der Waals surface area (Å²) in [5.41, 5.74) is 0.171. The standard InChI is InChI=1S/C21H22F3N3O6/c22-21(23,24)20(32)25-10-3-1-2-4-11-33-14-7-5-6-12-16(14)19(31)27(18(12)30)13-8-9-15(28)26-17(13)29/h5-7,13H,1-4,8-11H2,(H,25,32)(H,26,28,29). The van der Waals surface area contributed by atoms with E-state index in [-0.39, 0.29) is 42.9 Å². The molecule has 0 spiro atoms. The first-order valence-electron chi connectivity index (χ1n) is 10.4. The quantitative estimate of drug-likeness (QED) is 0.420. The lowest BCUT2D eigenvalue weighted by Crippen LogP contribution is -2.54. The predicted molar refractivity (Wildman–Crippen MR) is 106 cm³/mol. The topological polar surface area (TPSA) is 122 Å². The highest BCUT2D eigenvalue weighted by molar-refractivity contribution is 6.24. The van der Waals surface area contributed by atoms with E-state index >= 15 is 0 Å². The molecule has 2 aliphatic rings. The van der Waals surface area contributed by atoms with Crippen LogP contribution >= 0.6 is 0 Å². The molecule has 9 nitrogen and oxygen atoms in total. The molecule has 2 heterocycles. The van der Waals surface area contributed by atoms with Gasteiger partial charge >= 0.3 is 12.1 Å². The summed E-state index contributed by atoms with van der Waals surface area (Å²) in [6.45, 7) is 0.115. The Kier molecular flexibility index (Phi) is 7.34. The van der Waals surface area contributed by atoms with Gasteiger partial charge in [0.1, 0.15) is 11.8 Å². The van der Waals surface area contributed by atoms with E-state index in [1.807, 2.05) is 0 Å². The molecule has 0 saturated carbocycles. The van der Waals surface area contributed by atoms with Crippen LogP contribution in [0.4, 0.5) is 13.2 Å². The van der Waals surface area contributed by atoms with Crippen molar-refractivity contribution in [1.29, 1.82) is 0 Å². The molecule has 178 valence electrons. The van der Waals surface area contributed by atoms with Crippen molar-refractivity contribution in [2.75, 3.05) is 13.2 Å². The van der Waals surface area contributed by atoms with Crippen molar-refractivity contribution in [2.24, 2.45) is 0 Å². The summed E-state index contributed by atoms with van der Waals surface area (Å²) in [5, 5.41) is 3.93. The molecule has 33 heavy (non-hydrogen) atoms. The molecule has 0 aliphatic carbocycles. The molecule has 12 heteroatoms. The van der Waals surface area contributed by atoms with Gasteiger partial charge in [-0.2, -0.15) is 13.2 Å². The number of amides is 5. The van der Waals surface area contributed by atoms with E-state index in [0.717, 1.165) is 4.90 Å². The highest BCUT2D eigenvalue weighted by atomic mass is 19.4. The van der Waals surface area contributed by atoms with Gasteiger partial charge in [-0.05, 0) is 31.4 Å². The first-order valence-corrected chi connectivity index (χ1v) is 10.4. The number of halogens is 3. The second-order valence-electron chi connectivity index (χ2n) is 7.64. The SMILES string of the molecule is O=C1CCC(N2C(=O)c3cccc(OCCCCCCNC(=O)C(F)(F)F)c3C2=O)C(=O)N1. The summed E-state index contributed by atoms with van der Waals surface area (Å²) >= 11 is 0. The number of hydrogen-bond acceptors (Lipinski definition) is 6. The Labute approximate surface area is 186 Å². The highest BCUT2D eigenvalue weighted by Crippen LogP contribution is 2.33. The van der Waals surface area contributed by atoms with E-state index in [1.165, 1.54) is 12.1 Å². The number of carbonyl (C=O) groups excluding carboxylic acids is 5. The molecule has 1 unspecified atom stereocenters. The molecule has 2 N–H and O–H groups in total. The number of fused-ring (bicyclic) bond motifs is 1. The number of benzene rings is 1. The number of imide groups is 2. The number of piperidine rings is 1. The summed E-state index contributed by atoms with van der Waals surface area (Å²) in [5.74, 6) is -4.22. The van der Waals surface area contributed by atoms with E-state index in [4.69, 9.17) is 4.74 Å². The van der Waals surface area contributed by atoms with Gasteiger partial charge in [-0.3, -0.25) is 34.2 Å². The van der Waals surface area contributed by atoms with Crippen LogP contribution in [0.2, 0.25) is 0 Å². The molecule has 0 radical (unpaired) electrons. The van der Waals surface area contributed by atoms with Gasteiger partial charge in [0.2, 0.25) is 11.8 Å². The minimum atomic E-state index is -4.89. The number of ether oxygens (including phenoxy) is 1. The molecule has 1 atom stereocenters. The third-order valence-corrected chi connectivity index (χ3v) is 5.30. The Morgan fingerprint density at radius 1 is 1.09 bits per heavy atom. The average Bonchev–Trinajstić information content (AvgIpc) is 3.00. The third-order valence-electron chi connectivity index (χ3n) is 5.30. The van der Waals surface area contributed by atoms with Gasteiger partial charge in [0.05, 0.1) is 17.7 Å². The molecule has 0 bridgehead atoms. The van der Waals surface area contributed by atoms with Crippen molar-refractivity contribution in [2.45, 2.75) is 50.7 Å². The molecule has 2 aliphatic heterocycles. The van der Waals surface area contributed by atoms with Gasteiger partial charge in [0, 0.05) is 13.0 Å². The summed E-state index contributed by atoms with van der Waals surface area (Å²) < 4.78 is 41.9. The number of carbonyl (C=O) groups is 5. The van der Waals surface area contributed by atoms with Crippen LogP contribution in [0.3, 0.4) is 0 Å². The predicted octanol–water partition coefficient (Wildman–Crippen LogP) is 1.71. The van der Waals surface area contributed by atoms with Crippen LogP contribution in [0.25, 0.3) is 0 Å². The summed E-state index contributed by atoms with van der Waals surface area (Å²) in [7, 11) is 0. The molecule has 1 fully saturated rings. The van der Waals surface area contributed by atoms with Gasteiger partial charge in [0.15, 0.2) is 0 Å².